The van der Waals surface area contributed by atoms with E-state index in [4.69, 9.17) is 4.74 Å². The van der Waals surface area contributed by atoms with Gasteiger partial charge in [-0.25, -0.2) is 13.8 Å². The van der Waals surface area contributed by atoms with Crippen molar-refractivity contribution in [3.8, 4) is 22.8 Å². The van der Waals surface area contributed by atoms with Gasteiger partial charge in [-0.15, -0.1) is 0 Å². The zero-order valence-corrected chi connectivity index (χ0v) is 17.4. The van der Waals surface area contributed by atoms with Crippen LogP contribution < -0.4 is 4.74 Å². The lowest BCUT2D eigenvalue weighted by atomic mass is 9.68. The van der Waals surface area contributed by atoms with E-state index in [2.05, 4.69) is 4.98 Å². The summed E-state index contributed by atoms with van der Waals surface area (Å²) in [5.41, 5.74) is 1.07. The molecular weight excluding hydrogens is 404 g/mol. The van der Waals surface area contributed by atoms with Gasteiger partial charge in [0.25, 0.3) is 0 Å². The maximum Gasteiger partial charge on any atom is 0.309 e. The van der Waals surface area contributed by atoms with Crippen LogP contribution in [0.1, 0.15) is 45.2 Å². The number of rotatable bonds is 5. The number of hydrogen-bond acceptors (Lipinski definition) is 4. The zero-order chi connectivity index (χ0) is 22.5. The molecule has 0 atom stereocenters. The fraction of sp³-hybridized carbons (Fsp3) is 0.333. The number of ether oxygens (including phenoxy) is 1. The highest BCUT2D eigenvalue weighted by Crippen LogP contribution is 2.46. The maximum absolute atomic E-state index is 15.1. The molecule has 1 aliphatic rings. The first-order valence-corrected chi connectivity index (χ1v) is 10.1. The number of aliphatic carboxylic acids is 1. The molecule has 2 aromatic carbocycles. The van der Waals surface area contributed by atoms with Gasteiger partial charge in [0.05, 0.1) is 16.5 Å². The third-order valence-electron chi connectivity index (χ3n) is 5.91. The highest BCUT2D eigenvalue weighted by molar-refractivity contribution is 6.01. The number of carboxylic acids is 1. The molecule has 7 heteroatoms. The summed E-state index contributed by atoms with van der Waals surface area (Å²) in [6.45, 7) is 5.52. The van der Waals surface area contributed by atoms with Crippen LogP contribution in [-0.2, 0) is 4.79 Å². The summed E-state index contributed by atoms with van der Waals surface area (Å²) < 4.78 is 34.5. The number of pyridine rings is 1. The summed E-state index contributed by atoms with van der Waals surface area (Å²) in [6.07, 6.45) is 0.140. The first kappa shape index (κ1) is 21.0. The lowest BCUT2D eigenvalue weighted by molar-refractivity contribution is -0.159. The molecule has 0 bridgehead atoms. The molecule has 0 aliphatic heterocycles. The minimum atomic E-state index is -0.900. The van der Waals surface area contributed by atoms with Crippen molar-refractivity contribution in [2.45, 2.75) is 45.6 Å². The molecule has 3 aromatic rings. The molecule has 1 saturated carbocycles. The quantitative estimate of drug-likeness (QED) is 0.551. The van der Waals surface area contributed by atoms with Crippen molar-refractivity contribution in [3.63, 3.8) is 0 Å². The highest BCUT2D eigenvalue weighted by atomic mass is 19.1. The zero-order valence-electron chi connectivity index (χ0n) is 17.4. The number of nitrogens with zero attached hydrogens (tertiary/aromatic N) is 1. The Morgan fingerprint density at radius 2 is 1.81 bits per heavy atom. The Hall–Kier alpha value is -3.22. The molecule has 1 heterocycles. The fourth-order valence-corrected chi connectivity index (χ4v) is 4.13. The van der Waals surface area contributed by atoms with E-state index < -0.39 is 29.1 Å². The molecule has 0 radical (unpaired) electrons. The summed E-state index contributed by atoms with van der Waals surface area (Å²) in [5, 5.41) is 19.8. The second-order valence-electron chi connectivity index (χ2n) is 8.67. The molecule has 162 valence electrons. The number of aromatic hydroxyl groups is 1. The molecule has 0 amide bonds. The monoisotopic (exact) mass is 427 g/mol. The number of halogens is 2. The standard InChI is InChI=1S/C24H23F2NO4/c1-12(2)21-18(13-4-6-14(25)7-5-13)16-8-9-17(28)20(26)19(16)22(27-21)31-15-10-24(3,11-15)23(29)30/h4-9,12,15,28H,10-11H2,1-3H3,(H,29,30)/t15-,24+. The van der Waals surface area contributed by atoms with Crippen molar-refractivity contribution in [3.05, 3.63) is 53.7 Å². The highest BCUT2D eigenvalue weighted by Gasteiger charge is 2.48. The van der Waals surface area contributed by atoms with Crippen LogP contribution in [0.3, 0.4) is 0 Å². The number of carbonyl (C=O) groups is 1. The van der Waals surface area contributed by atoms with Crippen molar-refractivity contribution >= 4 is 16.7 Å². The molecule has 1 fully saturated rings. The SMILES string of the molecule is CC(C)c1nc(O[C@H]2C[C@@](C)(C(=O)O)C2)c2c(F)c(O)ccc2c1-c1ccc(F)cc1. The van der Waals surface area contributed by atoms with E-state index in [-0.39, 0.29) is 35.8 Å². The number of aromatic nitrogens is 1. The van der Waals surface area contributed by atoms with Gasteiger partial charge in [-0.05, 0) is 48.1 Å². The summed E-state index contributed by atoms with van der Waals surface area (Å²) >= 11 is 0. The van der Waals surface area contributed by atoms with Gasteiger partial charge >= 0.3 is 5.97 Å². The first-order chi connectivity index (χ1) is 14.6. The van der Waals surface area contributed by atoms with Crippen molar-refractivity contribution in [2.75, 3.05) is 0 Å². The second kappa shape index (κ2) is 7.48. The summed E-state index contributed by atoms with van der Waals surface area (Å²) in [7, 11) is 0. The van der Waals surface area contributed by atoms with E-state index in [0.29, 0.717) is 22.2 Å². The van der Waals surface area contributed by atoms with Gasteiger partial charge in [0.15, 0.2) is 11.6 Å². The molecule has 0 spiro atoms. The minimum absolute atomic E-state index is 0.0210. The average molecular weight is 427 g/mol. The third-order valence-corrected chi connectivity index (χ3v) is 5.91. The molecule has 0 saturated heterocycles. The van der Waals surface area contributed by atoms with Crippen molar-refractivity contribution in [1.29, 1.82) is 0 Å². The predicted molar refractivity (Wildman–Crippen MR) is 112 cm³/mol. The Balaban J connectivity index is 1.89. The van der Waals surface area contributed by atoms with E-state index in [1.54, 1.807) is 25.1 Å². The van der Waals surface area contributed by atoms with Crippen molar-refractivity contribution in [2.24, 2.45) is 5.41 Å². The lowest BCUT2D eigenvalue weighted by Gasteiger charge is -2.41. The van der Waals surface area contributed by atoms with Crippen LogP contribution in [0, 0.1) is 17.0 Å². The smallest absolute Gasteiger partial charge is 0.309 e. The van der Waals surface area contributed by atoms with Gasteiger partial charge in [0.1, 0.15) is 11.9 Å². The molecular formula is C24H23F2NO4. The topological polar surface area (TPSA) is 79.7 Å². The number of hydrogen-bond donors (Lipinski definition) is 2. The number of carboxylic acid groups (broad SMARTS) is 1. The summed E-state index contributed by atoms with van der Waals surface area (Å²) in [4.78, 5) is 16.0. The van der Waals surface area contributed by atoms with Crippen LogP contribution in [0.15, 0.2) is 36.4 Å². The van der Waals surface area contributed by atoms with Gasteiger partial charge in [0, 0.05) is 18.4 Å². The summed E-state index contributed by atoms with van der Waals surface area (Å²) in [5.74, 6) is -2.72. The Labute approximate surface area is 178 Å². The number of phenols is 1. The lowest BCUT2D eigenvalue weighted by Crippen LogP contribution is -2.47. The number of phenolic OH excluding ortho intramolecular Hbond substituents is 1. The van der Waals surface area contributed by atoms with E-state index in [0.717, 1.165) is 0 Å². The molecule has 31 heavy (non-hydrogen) atoms. The maximum atomic E-state index is 15.1. The van der Waals surface area contributed by atoms with E-state index >= 15 is 4.39 Å². The van der Waals surface area contributed by atoms with Crippen LogP contribution in [0.5, 0.6) is 11.6 Å². The third kappa shape index (κ3) is 3.58. The van der Waals surface area contributed by atoms with Gasteiger partial charge in [-0.3, -0.25) is 4.79 Å². The molecule has 1 aliphatic carbocycles. The van der Waals surface area contributed by atoms with Crippen LogP contribution in [0.25, 0.3) is 21.9 Å². The minimum Gasteiger partial charge on any atom is -0.505 e. The van der Waals surface area contributed by atoms with Crippen LogP contribution in [0.2, 0.25) is 0 Å². The Bertz CT molecular complexity index is 1170. The van der Waals surface area contributed by atoms with Crippen LogP contribution in [-0.4, -0.2) is 27.3 Å². The van der Waals surface area contributed by atoms with Gasteiger partial charge in [0.2, 0.25) is 5.88 Å². The Morgan fingerprint density at radius 1 is 1.16 bits per heavy atom. The average Bonchev–Trinajstić information content (AvgIpc) is 2.69. The fourth-order valence-electron chi connectivity index (χ4n) is 4.13. The Morgan fingerprint density at radius 3 is 2.39 bits per heavy atom. The largest absolute Gasteiger partial charge is 0.505 e. The van der Waals surface area contributed by atoms with E-state index in [1.807, 2.05) is 13.8 Å². The number of benzene rings is 2. The van der Waals surface area contributed by atoms with Crippen LogP contribution >= 0.6 is 0 Å². The summed E-state index contributed by atoms with van der Waals surface area (Å²) in [6, 6.07) is 8.72. The molecule has 4 rings (SSSR count). The van der Waals surface area contributed by atoms with E-state index in [9.17, 15) is 19.4 Å². The normalized spacial score (nSPS) is 20.6. The van der Waals surface area contributed by atoms with Crippen LogP contribution in [0.4, 0.5) is 8.78 Å². The second-order valence-corrected chi connectivity index (χ2v) is 8.67. The van der Waals surface area contributed by atoms with Crippen molar-refractivity contribution in [1.82, 2.24) is 4.98 Å². The van der Waals surface area contributed by atoms with Gasteiger partial charge in [-0.1, -0.05) is 26.0 Å². The molecule has 1 aromatic heterocycles. The van der Waals surface area contributed by atoms with Crippen molar-refractivity contribution < 1.29 is 28.5 Å². The van der Waals surface area contributed by atoms with Gasteiger partial charge in [-0.2, -0.15) is 0 Å². The Kier molecular flexibility index (Phi) is 5.07. The molecule has 5 nitrogen and oxygen atoms in total. The number of fused-ring (bicyclic) bond motifs is 1. The predicted octanol–water partition coefficient (Wildman–Crippen LogP) is 5.64. The molecule has 2 N–H and O–H groups in total. The van der Waals surface area contributed by atoms with Gasteiger partial charge < -0.3 is 14.9 Å². The first-order valence-electron chi connectivity index (χ1n) is 10.1. The molecule has 0 unspecified atom stereocenters. The van der Waals surface area contributed by atoms with E-state index in [1.165, 1.54) is 18.2 Å².